The molecule has 1 amide bonds. The highest BCUT2D eigenvalue weighted by atomic mass is 16.1. The third kappa shape index (κ3) is 11.2. The Bertz CT molecular complexity index is 596. The first-order valence-electron chi connectivity index (χ1n) is 4.28. The van der Waals surface area contributed by atoms with Crippen molar-refractivity contribution in [3.05, 3.63) is 63.9 Å². The van der Waals surface area contributed by atoms with Crippen molar-refractivity contribution in [2.45, 2.75) is 13.8 Å². The lowest BCUT2D eigenvalue weighted by molar-refractivity contribution is -0.118. The van der Waals surface area contributed by atoms with Crippen LogP contribution < -0.4 is 5.32 Å². The van der Waals surface area contributed by atoms with Crippen LogP contribution in [-0.2, 0) is 4.79 Å². The second kappa shape index (κ2) is 10.3. The fourth-order valence-corrected chi connectivity index (χ4v) is 0.460. The molecule has 0 aromatic rings. The van der Waals surface area contributed by atoms with Gasteiger partial charge in [0.2, 0.25) is 5.91 Å². The van der Waals surface area contributed by atoms with Gasteiger partial charge in [-0.05, 0) is 34.4 Å². The molecule has 2 heteroatoms. The highest BCUT2D eigenvalue weighted by molar-refractivity contribution is 5.73. The van der Waals surface area contributed by atoms with Crippen molar-refractivity contribution >= 4 is 5.91 Å². The minimum absolute atomic E-state index is 0.172. The molecule has 0 aliphatic carbocycles. The highest BCUT2D eigenvalue weighted by Gasteiger charge is 1.77. The van der Waals surface area contributed by atoms with Gasteiger partial charge in [-0.1, -0.05) is 0 Å². The standard InChI is InChI=1S/C14H8NO/c1-3-4-5-6-7-8-9-10-11-12-13-15-14(2)16/h13H,1-2H3,(H,15,16)/q-1. The van der Waals surface area contributed by atoms with Crippen LogP contribution in [0.2, 0.25) is 0 Å². The van der Waals surface area contributed by atoms with Crippen molar-refractivity contribution in [1.29, 1.82) is 0 Å². The third-order valence-corrected chi connectivity index (χ3v) is 0.982. The van der Waals surface area contributed by atoms with Crippen LogP contribution in [0.25, 0.3) is 0 Å². The molecule has 0 aliphatic heterocycles. The molecular weight excluding hydrogens is 198 g/mol. The quantitative estimate of drug-likeness (QED) is 0.515. The second-order valence-electron chi connectivity index (χ2n) is 2.24. The maximum atomic E-state index is 10.4. The Hall–Kier alpha value is -2.77. The van der Waals surface area contributed by atoms with E-state index in [2.05, 4.69) is 63.0 Å². The largest absolute Gasteiger partial charge is 0.325 e. The van der Waals surface area contributed by atoms with Gasteiger partial charge in [0, 0.05) is 6.92 Å². The molecule has 16 heavy (non-hydrogen) atoms. The van der Waals surface area contributed by atoms with Crippen molar-refractivity contribution in [2.24, 2.45) is 0 Å². The number of carbonyl (C=O) groups excluding carboxylic acids is 1. The van der Waals surface area contributed by atoms with E-state index in [1.165, 1.54) is 13.1 Å². The van der Waals surface area contributed by atoms with Crippen molar-refractivity contribution in [2.75, 3.05) is 0 Å². The first-order valence-corrected chi connectivity index (χ1v) is 4.28. The normalized spacial score (nSPS) is 5.38. The van der Waals surface area contributed by atoms with Gasteiger partial charge < -0.3 is 5.32 Å². The van der Waals surface area contributed by atoms with Gasteiger partial charge in [0.05, 0.1) is 6.20 Å². The summed E-state index contributed by atoms with van der Waals surface area (Å²) in [5.74, 6) is -0.172. The van der Waals surface area contributed by atoms with Crippen LogP contribution in [0.1, 0.15) is 13.8 Å². The van der Waals surface area contributed by atoms with E-state index in [0.29, 0.717) is 0 Å². The molecule has 0 radical (unpaired) electrons. The minimum atomic E-state index is -0.172. The molecule has 0 bridgehead atoms. The lowest BCUT2D eigenvalue weighted by Gasteiger charge is -1.82. The molecule has 0 atom stereocenters. The van der Waals surface area contributed by atoms with Crippen molar-refractivity contribution in [1.82, 2.24) is 5.32 Å². The topological polar surface area (TPSA) is 29.1 Å². The van der Waals surface area contributed by atoms with Crippen molar-refractivity contribution < 1.29 is 4.79 Å². The number of carbonyl (C=O) groups is 1. The maximum absolute atomic E-state index is 10.4. The average molecular weight is 206 g/mol. The van der Waals surface area contributed by atoms with E-state index < -0.39 is 0 Å². The zero-order chi connectivity index (χ0) is 12.1. The molecule has 0 saturated heterocycles. The van der Waals surface area contributed by atoms with Gasteiger partial charge in [-0.25, -0.2) is 11.8 Å². The van der Waals surface area contributed by atoms with E-state index in [0.717, 1.165) is 0 Å². The van der Waals surface area contributed by atoms with Gasteiger partial charge in [0.25, 0.3) is 0 Å². The SMILES string of the molecule is C[C-]=C=C=C=C=C=C=C=C=C=CNC(C)=O. The zero-order valence-corrected chi connectivity index (χ0v) is 8.99. The van der Waals surface area contributed by atoms with Crippen LogP contribution >= 0.6 is 0 Å². The summed E-state index contributed by atoms with van der Waals surface area (Å²) in [6.45, 7) is 3.09. The first-order chi connectivity index (χ1) is 7.77. The summed E-state index contributed by atoms with van der Waals surface area (Å²) in [6, 6.07) is 0. The molecular formula is C14H8NO-. The predicted molar refractivity (Wildman–Crippen MR) is 58.9 cm³/mol. The summed E-state index contributed by atoms with van der Waals surface area (Å²) in [5, 5.41) is 2.39. The van der Waals surface area contributed by atoms with Crippen molar-refractivity contribution in [3.63, 3.8) is 0 Å². The molecule has 0 aromatic heterocycles. The molecule has 0 aliphatic rings. The number of allylic oxidation sites excluding steroid dienone is 1. The Kier molecular flexibility index (Phi) is 8.53. The van der Waals surface area contributed by atoms with Crippen LogP contribution in [0, 0.1) is 6.08 Å². The van der Waals surface area contributed by atoms with E-state index in [-0.39, 0.29) is 5.91 Å². The number of rotatable bonds is 1. The molecule has 1 N–H and O–H groups in total. The maximum Gasteiger partial charge on any atom is 0.221 e. The third-order valence-electron chi connectivity index (χ3n) is 0.982. The Morgan fingerprint density at radius 3 is 2.19 bits per heavy atom. The molecule has 0 fully saturated rings. The molecule has 0 spiro atoms. The number of hydrogen-bond donors (Lipinski definition) is 1. The van der Waals surface area contributed by atoms with E-state index in [9.17, 15) is 4.79 Å². The van der Waals surface area contributed by atoms with Crippen LogP contribution in [0.3, 0.4) is 0 Å². The van der Waals surface area contributed by atoms with Gasteiger partial charge in [-0.15, -0.1) is 12.7 Å². The zero-order valence-electron chi connectivity index (χ0n) is 8.99. The van der Waals surface area contributed by atoms with Gasteiger partial charge in [-0.3, -0.25) is 10.5 Å². The number of hydrogen-bond acceptors (Lipinski definition) is 1. The smallest absolute Gasteiger partial charge is 0.221 e. The lowest BCUT2D eigenvalue weighted by Crippen LogP contribution is -2.10. The molecule has 0 rings (SSSR count). The molecule has 0 saturated carbocycles. The first kappa shape index (κ1) is 13.2. The van der Waals surface area contributed by atoms with Crippen LogP contribution in [0.15, 0.2) is 57.8 Å². The molecule has 76 valence electrons. The van der Waals surface area contributed by atoms with E-state index in [4.69, 9.17) is 0 Å². The molecule has 0 unspecified atom stereocenters. The van der Waals surface area contributed by atoms with Gasteiger partial charge in [0.1, 0.15) is 0 Å². The van der Waals surface area contributed by atoms with E-state index >= 15 is 0 Å². The van der Waals surface area contributed by atoms with Crippen LogP contribution in [0.4, 0.5) is 0 Å². The Labute approximate surface area is 94.3 Å². The molecule has 0 aromatic carbocycles. The monoisotopic (exact) mass is 206 g/mol. The van der Waals surface area contributed by atoms with Crippen LogP contribution in [-0.4, -0.2) is 5.91 Å². The van der Waals surface area contributed by atoms with E-state index in [1.807, 2.05) is 0 Å². The second-order valence-corrected chi connectivity index (χ2v) is 2.24. The number of amides is 1. The Morgan fingerprint density at radius 2 is 1.62 bits per heavy atom. The fourth-order valence-electron chi connectivity index (χ4n) is 0.460. The summed E-state index contributed by atoms with van der Waals surface area (Å²) in [4.78, 5) is 10.4. The van der Waals surface area contributed by atoms with Crippen LogP contribution in [0.5, 0.6) is 0 Å². The lowest BCUT2D eigenvalue weighted by atomic mass is 10.6. The highest BCUT2D eigenvalue weighted by Crippen LogP contribution is 1.60. The summed E-state index contributed by atoms with van der Waals surface area (Å²) < 4.78 is 0. The minimum Gasteiger partial charge on any atom is -0.325 e. The summed E-state index contributed by atoms with van der Waals surface area (Å²) >= 11 is 0. The van der Waals surface area contributed by atoms with Gasteiger partial charge >= 0.3 is 0 Å². The predicted octanol–water partition coefficient (Wildman–Crippen LogP) is 1.86. The number of nitrogens with one attached hydrogen (secondary N) is 1. The summed E-state index contributed by atoms with van der Waals surface area (Å²) in [6.07, 6.45) is 3.93. The Morgan fingerprint density at radius 1 is 1.06 bits per heavy atom. The van der Waals surface area contributed by atoms with Gasteiger partial charge in [-0.2, -0.15) is 0 Å². The fraction of sp³-hybridized carbons (Fsp3) is 0.143. The Balaban J connectivity index is 5.00. The molecule has 2 nitrogen and oxygen atoms in total. The summed E-state index contributed by atoms with van der Waals surface area (Å²) in [5.41, 5.74) is 22.5. The van der Waals surface area contributed by atoms with Gasteiger partial charge in [0.15, 0.2) is 0 Å². The summed E-state index contributed by atoms with van der Waals surface area (Å²) in [7, 11) is 0. The van der Waals surface area contributed by atoms with E-state index in [1.54, 1.807) is 6.92 Å². The average Bonchev–Trinajstić information content (AvgIpc) is 2.25. The molecule has 0 heterocycles. The van der Waals surface area contributed by atoms with Crippen molar-refractivity contribution in [3.8, 4) is 0 Å².